The third kappa shape index (κ3) is 3.07. The van der Waals surface area contributed by atoms with Crippen LogP contribution in [-0.2, 0) is 11.3 Å². The van der Waals surface area contributed by atoms with Crippen molar-refractivity contribution in [2.45, 2.75) is 25.4 Å². The van der Waals surface area contributed by atoms with Crippen molar-refractivity contribution in [3.63, 3.8) is 0 Å². The highest BCUT2D eigenvalue weighted by Gasteiger charge is 2.37. The van der Waals surface area contributed by atoms with Gasteiger partial charge >= 0.3 is 0 Å². The molecule has 0 radical (unpaired) electrons. The molecule has 2 saturated heterocycles. The van der Waals surface area contributed by atoms with E-state index in [-0.39, 0.29) is 18.2 Å². The van der Waals surface area contributed by atoms with Crippen molar-refractivity contribution in [2.75, 3.05) is 19.6 Å². The zero-order valence-corrected chi connectivity index (χ0v) is 11.5. The molecule has 5 heteroatoms. The predicted octanol–water partition coefficient (Wildman–Crippen LogP) is -2.78. The minimum absolute atomic E-state index is 0. The third-order valence-corrected chi connectivity index (χ3v) is 4.05. The summed E-state index contributed by atoms with van der Waals surface area (Å²) in [7, 11) is 0. The highest BCUT2D eigenvalue weighted by molar-refractivity contribution is 5.78. The van der Waals surface area contributed by atoms with Crippen molar-refractivity contribution in [1.29, 1.82) is 0 Å². The number of hydrogen-bond acceptors (Lipinski definition) is 1. The smallest absolute Gasteiger partial charge is 0.223 e. The molecule has 1 amide bonds. The number of rotatable bonds is 2. The number of hydrogen-bond donors (Lipinski definition) is 1. The molecule has 2 fully saturated rings. The van der Waals surface area contributed by atoms with Crippen LogP contribution in [0, 0.1) is 5.82 Å². The molecule has 0 bridgehead atoms. The number of carbonyl (C=O) groups is 1. The lowest BCUT2D eigenvalue weighted by Gasteiger charge is -2.34. The molecule has 3 nitrogen and oxygen atoms in total. The van der Waals surface area contributed by atoms with Crippen molar-refractivity contribution in [3.8, 4) is 0 Å². The molecule has 19 heavy (non-hydrogen) atoms. The molecule has 3 rings (SSSR count). The summed E-state index contributed by atoms with van der Waals surface area (Å²) >= 11 is 0. The Morgan fingerprint density at radius 2 is 2.05 bits per heavy atom. The van der Waals surface area contributed by atoms with E-state index in [9.17, 15) is 9.18 Å². The van der Waals surface area contributed by atoms with Gasteiger partial charge in [0, 0.05) is 12.0 Å². The average molecular weight is 285 g/mol. The van der Waals surface area contributed by atoms with Crippen LogP contribution < -0.4 is 17.3 Å². The fraction of sp³-hybridized carbons (Fsp3) is 0.500. The fourth-order valence-electron chi connectivity index (χ4n) is 3.08. The predicted molar refractivity (Wildman–Crippen MR) is 65.5 cm³/mol. The number of nitrogens with zero attached hydrogens (tertiary/aromatic N) is 1. The maximum atomic E-state index is 12.8. The van der Waals surface area contributed by atoms with Gasteiger partial charge in [-0.25, -0.2) is 4.39 Å². The number of fused-ring (bicyclic) bond motifs is 1. The van der Waals surface area contributed by atoms with Gasteiger partial charge in [-0.15, -0.1) is 0 Å². The molecule has 104 valence electrons. The number of nitrogens with one attached hydrogen (secondary N) is 1. The van der Waals surface area contributed by atoms with Crippen LogP contribution in [0.2, 0.25) is 0 Å². The molecular formula is C14H18ClFN2O. The Labute approximate surface area is 118 Å². The molecule has 2 atom stereocenters. The molecule has 2 aliphatic rings. The number of quaternary nitrogens is 1. The lowest BCUT2D eigenvalue weighted by atomic mass is 10.1. The molecule has 2 aliphatic heterocycles. The van der Waals surface area contributed by atoms with Crippen molar-refractivity contribution in [2.24, 2.45) is 0 Å². The Hall–Kier alpha value is -1.13. The Kier molecular flexibility index (Phi) is 4.42. The summed E-state index contributed by atoms with van der Waals surface area (Å²) in [5, 5.41) is 0. The van der Waals surface area contributed by atoms with Crippen molar-refractivity contribution in [1.82, 2.24) is 4.90 Å². The van der Waals surface area contributed by atoms with E-state index in [1.165, 1.54) is 22.6 Å². The van der Waals surface area contributed by atoms with E-state index in [2.05, 4.69) is 0 Å². The molecule has 1 aromatic carbocycles. The van der Waals surface area contributed by atoms with E-state index >= 15 is 0 Å². The van der Waals surface area contributed by atoms with E-state index in [4.69, 9.17) is 0 Å². The van der Waals surface area contributed by atoms with Crippen molar-refractivity contribution >= 4 is 5.91 Å². The Balaban J connectivity index is 0.00000133. The van der Waals surface area contributed by atoms with Gasteiger partial charge in [-0.1, -0.05) is 12.1 Å². The Morgan fingerprint density at radius 1 is 1.32 bits per heavy atom. The summed E-state index contributed by atoms with van der Waals surface area (Å²) in [6, 6.07) is 7.18. The lowest BCUT2D eigenvalue weighted by Crippen LogP contribution is -3.14. The Bertz CT molecular complexity index is 451. The van der Waals surface area contributed by atoms with E-state index < -0.39 is 0 Å². The van der Waals surface area contributed by atoms with Crippen LogP contribution in [0.15, 0.2) is 24.3 Å². The average Bonchev–Trinajstić information content (AvgIpc) is 2.74. The number of amides is 1. The third-order valence-electron chi connectivity index (χ3n) is 4.05. The zero-order valence-electron chi connectivity index (χ0n) is 10.7. The van der Waals surface area contributed by atoms with Gasteiger partial charge in [0.1, 0.15) is 12.4 Å². The molecule has 0 spiro atoms. The molecule has 0 aliphatic carbocycles. The minimum Gasteiger partial charge on any atom is -1.00 e. The number of carbonyl (C=O) groups excluding carboxylic acids is 1. The van der Waals surface area contributed by atoms with Gasteiger partial charge in [0.15, 0.2) is 0 Å². The summed E-state index contributed by atoms with van der Waals surface area (Å²) < 4.78 is 12.8. The second-order valence-electron chi connectivity index (χ2n) is 5.29. The normalized spacial score (nSPS) is 25.9. The lowest BCUT2D eigenvalue weighted by molar-refractivity contribution is -0.920. The van der Waals surface area contributed by atoms with Gasteiger partial charge in [0.25, 0.3) is 0 Å². The monoisotopic (exact) mass is 284 g/mol. The van der Waals surface area contributed by atoms with Crippen LogP contribution >= 0.6 is 0 Å². The summed E-state index contributed by atoms with van der Waals surface area (Å²) in [5.41, 5.74) is 1.17. The maximum absolute atomic E-state index is 12.8. The second-order valence-corrected chi connectivity index (χ2v) is 5.29. The molecule has 1 aromatic rings. The first-order chi connectivity index (χ1) is 8.72. The van der Waals surface area contributed by atoms with Gasteiger partial charge in [0.2, 0.25) is 5.91 Å². The molecule has 2 unspecified atom stereocenters. The first-order valence-electron chi connectivity index (χ1n) is 6.60. The zero-order chi connectivity index (χ0) is 12.5. The second kappa shape index (κ2) is 5.88. The largest absolute Gasteiger partial charge is 1.00 e. The first-order valence-corrected chi connectivity index (χ1v) is 6.60. The van der Waals surface area contributed by atoms with Gasteiger partial charge in [-0.05, 0) is 18.6 Å². The van der Waals surface area contributed by atoms with Gasteiger partial charge in [-0.3, -0.25) is 4.79 Å². The van der Waals surface area contributed by atoms with Crippen molar-refractivity contribution in [3.05, 3.63) is 35.6 Å². The fourth-order valence-corrected chi connectivity index (χ4v) is 3.08. The topological polar surface area (TPSA) is 24.8 Å². The van der Waals surface area contributed by atoms with E-state index in [1.54, 1.807) is 0 Å². The molecule has 0 saturated carbocycles. The first kappa shape index (κ1) is 14.3. The minimum atomic E-state index is -0.181. The number of benzene rings is 1. The van der Waals surface area contributed by atoms with Gasteiger partial charge in [-0.2, -0.15) is 0 Å². The van der Waals surface area contributed by atoms with Gasteiger partial charge in [0.05, 0.1) is 25.7 Å². The quantitative estimate of drug-likeness (QED) is 0.624. The molecule has 0 aromatic heterocycles. The maximum Gasteiger partial charge on any atom is 0.223 e. The summed E-state index contributed by atoms with van der Waals surface area (Å²) in [6.45, 7) is 3.83. The highest BCUT2D eigenvalue weighted by atomic mass is 35.5. The van der Waals surface area contributed by atoms with Crippen LogP contribution in [0.3, 0.4) is 0 Å². The standard InChI is InChI=1S/C14H17FN2O.ClH/c15-12-3-1-11(2-4-12)9-16-7-8-17-13(10-16)5-6-14(17)18;/h1-4,13H,5-10H2;1H. The van der Waals surface area contributed by atoms with Crippen LogP contribution in [0.25, 0.3) is 0 Å². The highest BCUT2D eigenvalue weighted by Crippen LogP contribution is 2.18. The SMILES string of the molecule is O=C1CCC2C[NH+](Cc3ccc(F)cc3)CCN12.[Cl-]. The number of halogens is 2. The molecule has 2 heterocycles. The van der Waals surface area contributed by atoms with Crippen LogP contribution in [-0.4, -0.2) is 36.5 Å². The van der Waals surface area contributed by atoms with Crippen LogP contribution in [0.5, 0.6) is 0 Å². The van der Waals surface area contributed by atoms with E-state index in [1.807, 2.05) is 17.0 Å². The molecule has 1 N–H and O–H groups in total. The van der Waals surface area contributed by atoms with E-state index in [0.29, 0.717) is 18.4 Å². The van der Waals surface area contributed by atoms with Crippen molar-refractivity contribution < 1.29 is 26.5 Å². The van der Waals surface area contributed by atoms with E-state index in [0.717, 1.165) is 32.6 Å². The molecular weight excluding hydrogens is 267 g/mol. The summed E-state index contributed by atoms with van der Waals surface area (Å²) in [6.07, 6.45) is 1.72. The van der Waals surface area contributed by atoms with Crippen LogP contribution in [0.4, 0.5) is 4.39 Å². The summed E-state index contributed by atoms with van der Waals surface area (Å²) in [5.74, 6) is 0.140. The Morgan fingerprint density at radius 3 is 2.79 bits per heavy atom. The summed E-state index contributed by atoms with van der Waals surface area (Å²) in [4.78, 5) is 15.1. The number of piperazine rings is 1. The van der Waals surface area contributed by atoms with Gasteiger partial charge < -0.3 is 22.2 Å². The van der Waals surface area contributed by atoms with Crippen LogP contribution in [0.1, 0.15) is 18.4 Å².